The van der Waals surface area contributed by atoms with E-state index < -0.39 is 0 Å². The van der Waals surface area contributed by atoms with Crippen molar-refractivity contribution < 1.29 is 4.74 Å². The second-order valence-electron chi connectivity index (χ2n) is 3.72. The molecule has 3 heteroatoms. The van der Waals surface area contributed by atoms with Crippen LogP contribution in [0.1, 0.15) is 20.3 Å². The van der Waals surface area contributed by atoms with E-state index in [-0.39, 0.29) is 11.6 Å². The molecule has 0 aliphatic carbocycles. The molecule has 3 nitrogen and oxygen atoms in total. The molecule has 0 aromatic heterocycles. The molecule has 4 N–H and O–H groups in total. The van der Waals surface area contributed by atoms with Crippen LogP contribution in [0.4, 0.5) is 0 Å². The fourth-order valence-corrected chi connectivity index (χ4v) is 1.40. The highest BCUT2D eigenvalue weighted by Gasteiger charge is 2.35. The first-order chi connectivity index (χ1) is 5.05. The molecule has 1 aliphatic rings. The van der Waals surface area contributed by atoms with Crippen LogP contribution in [-0.4, -0.2) is 24.8 Å². The van der Waals surface area contributed by atoms with Gasteiger partial charge in [0.15, 0.2) is 0 Å². The van der Waals surface area contributed by atoms with Gasteiger partial charge in [0.1, 0.15) is 0 Å². The minimum Gasteiger partial charge on any atom is -0.381 e. The topological polar surface area (TPSA) is 61.3 Å². The first-order valence-electron chi connectivity index (χ1n) is 4.17. The monoisotopic (exact) mass is 158 g/mol. The second-order valence-corrected chi connectivity index (χ2v) is 3.72. The molecule has 1 fully saturated rings. The summed E-state index contributed by atoms with van der Waals surface area (Å²) in [6.07, 6.45) is 1.05. The summed E-state index contributed by atoms with van der Waals surface area (Å²) in [5, 5.41) is 0. The van der Waals surface area contributed by atoms with Crippen molar-refractivity contribution in [2.24, 2.45) is 17.4 Å². The van der Waals surface area contributed by atoms with E-state index in [9.17, 15) is 0 Å². The molecular weight excluding hydrogens is 140 g/mol. The molecule has 3 atom stereocenters. The van der Waals surface area contributed by atoms with Crippen molar-refractivity contribution in [2.45, 2.75) is 31.8 Å². The van der Waals surface area contributed by atoms with Crippen LogP contribution in [0, 0.1) is 5.92 Å². The Morgan fingerprint density at radius 3 is 2.64 bits per heavy atom. The molecule has 0 amide bonds. The summed E-state index contributed by atoms with van der Waals surface area (Å²) in [4.78, 5) is 0. The maximum atomic E-state index is 6.06. The van der Waals surface area contributed by atoms with Gasteiger partial charge in [0.05, 0.1) is 6.61 Å². The van der Waals surface area contributed by atoms with Gasteiger partial charge in [0.25, 0.3) is 0 Å². The zero-order chi connectivity index (χ0) is 8.48. The van der Waals surface area contributed by atoms with Crippen LogP contribution in [0.15, 0.2) is 0 Å². The van der Waals surface area contributed by atoms with Crippen molar-refractivity contribution in [3.05, 3.63) is 0 Å². The van der Waals surface area contributed by atoms with Gasteiger partial charge in [-0.25, -0.2) is 0 Å². The Balaban J connectivity index is 2.55. The maximum Gasteiger partial charge on any atom is 0.0513 e. The molecule has 0 saturated carbocycles. The Bertz CT molecular complexity index is 128. The Morgan fingerprint density at radius 2 is 2.27 bits per heavy atom. The average molecular weight is 158 g/mol. The minimum absolute atomic E-state index is 0.0363. The van der Waals surface area contributed by atoms with Gasteiger partial charge in [-0.05, 0) is 20.3 Å². The molecule has 1 heterocycles. The number of hydrogen-bond donors (Lipinski definition) is 2. The molecule has 0 spiro atoms. The third-order valence-electron chi connectivity index (χ3n) is 2.79. The van der Waals surface area contributed by atoms with Crippen LogP contribution in [0.2, 0.25) is 0 Å². The summed E-state index contributed by atoms with van der Waals surface area (Å²) in [5.74, 6) is 0.433. The molecule has 0 bridgehead atoms. The quantitative estimate of drug-likeness (QED) is 0.598. The highest BCUT2D eigenvalue weighted by molar-refractivity contribution is 4.95. The van der Waals surface area contributed by atoms with Crippen molar-refractivity contribution in [3.63, 3.8) is 0 Å². The molecule has 0 radical (unpaired) electrons. The maximum absolute atomic E-state index is 6.06. The molecular formula is C8H18N2O. The van der Waals surface area contributed by atoms with Gasteiger partial charge in [-0.2, -0.15) is 0 Å². The molecule has 11 heavy (non-hydrogen) atoms. The van der Waals surface area contributed by atoms with Crippen LogP contribution < -0.4 is 11.5 Å². The zero-order valence-corrected chi connectivity index (χ0v) is 7.34. The average Bonchev–Trinajstić information content (AvgIpc) is 2.37. The predicted octanol–water partition coefficient (Wildman–Crippen LogP) is 0.0875. The van der Waals surface area contributed by atoms with Crippen molar-refractivity contribution >= 4 is 0 Å². The van der Waals surface area contributed by atoms with E-state index in [1.165, 1.54) is 0 Å². The van der Waals surface area contributed by atoms with Gasteiger partial charge in [-0.15, -0.1) is 0 Å². The van der Waals surface area contributed by atoms with Crippen LogP contribution in [0.3, 0.4) is 0 Å². The molecule has 0 aromatic carbocycles. The number of nitrogens with two attached hydrogens (primary N) is 2. The van der Waals surface area contributed by atoms with Crippen LogP contribution >= 0.6 is 0 Å². The standard InChI is InChI=1S/C8H18N2O/c1-6(9)8(2,10)7-3-4-11-5-7/h6-7H,3-5,9-10H2,1-2H3. The molecule has 1 rings (SSSR count). The van der Waals surface area contributed by atoms with Crippen LogP contribution in [-0.2, 0) is 4.74 Å². The lowest BCUT2D eigenvalue weighted by atomic mass is 9.81. The zero-order valence-electron chi connectivity index (χ0n) is 7.34. The highest BCUT2D eigenvalue weighted by atomic mass is 16.5. The summed E-state index contributed by atoms with van der Waals surface area (Å²) >= 11 is 0. The lowest BCUT2D eigenvalue weighted by Gasteiger charge is -2.34. The molecule has 1 saturated heterocycles. The Morgan fingerprint density at radius 1 is 1.64 bits per heavy atom. The van der Waals surface area contributed by atoms with Crippen molar-refractivity contribution in [1.29, 1.82) is 0 Å². The summed E-state index contributed by atoms with van der Waals surface area (Å²) in [6, 6.07) is 0.0363. The van der Waals surface area contributed by atoms with Crippen molar-refractivity contribution in [3.8, 4) is 0 Å². The van der Waals surface area contributed by atoms with E-state index in [1.54, 1.807) is 0 Å². The Kier molecular flexibility index (Phi) is 2.52. The van der Waals surface area contributed by atoms with E-state index in [4.69, 9.17) is 16.2 Å². The summed E-state index contributed by atoms with van der Waals surface area (Å²) in [7, 11) is 0. The summed E-state index contributed by atoms with van der Waals surface area (Å²) in [5.41, 5.74) is 11.6. The first kappa shape index (κ1) is 8.97. The van der Waals surface area contributed by atoms with Crippen molar-refractivity contribution in [2.75, 3.05) is 13.2 Å². The van der Waals surface area contributed by atoms with Gasteiger partial charge < -0.3 is 16.2 Å². The lowest BCUT2D eigenvalue weighted by molar-refractivity contribution is 0.159. The SMILES string of the molecule is CC(N)C(C)(N)C1CCOC1. The number of rotatable bonds is 2. The lowest BCUT2D eigenvalue weighted by Crippen LogP contribution is -2.56. The summed E-state index contributed by atoms with van der Waals surface area (Å²) in [6.45, 7) is 5.58. The molecule has 3 unspecified atom stereocenters. The van der Waals surface area contributed by atoms with Crippen LogP contribution in [0.25, 0.3) is 0 Å². The number of ether oxygens (including phenoxy) is 1. The third-order valence-corrected chi connectivity index (χ3v) is 2.79. The van der Waals surface area contributed by atoms with Crippen molar-refractivity contribution in [1.82, 2.24) is 0 Å². The molecule has 66 valence electrons. The minimum atomic E-state index is -0.267. The van der Waals surface area contributed by atoms with Gasteiger partial charge in [-0.3, -0.25) is 0 Å². The number of hydrogen-bond acceptors (Lipinski definition) is 3. The fourth-order valence-electron chi connectivity index (χ4n) is 1.40. The second kappa shape index (κ2) is 3.09. The first-order valence-corrected chi connectivity index (χ1v) is 4.17. The van der Waals surface area contributed by atoms with E-state index in [0.717, 1.165) is 19.6 Å². The van der Waals surface area contributed by atoms with E-state index in [1.807, 2.05) is 13.8 Å². The van der Waals surface area contributed by atoms with E-state index >= 15 is 0 Å². The van der Waals surface area contributed by atoms with E-state index in [2.05, 4.69) is 0 Å². The van der Waals surface area contributed by atoms with Crippen LogP contribution in [0.5, 0.6) is 0 Å². The van der Waals surface area contributed by atoms with Gasteiger partial charge in [-0.1, -0.05) is 0 Å². The fraction of sp³-hybridized carbons (Fsp3) is 1.00. The van der Waals surface area contributed by atoms with Gasteiger partial charge in [0, 0.05) is 24.1 Å². The highest BCUT2D eigenvalue weighted by Crippen LogP contribution is 2.25. The third kappa shape index (κ3) is 1.72. The Hall–Kier alpha value is -0.120. The van der Waals surface area contributed by atoms with Gasteiger partial charge in [0.2, 0.25) is 0 Å². The summed E-state index contributed by atoms with van der Waals surface area (Å²) < 4.78 is 5.26. The van der Waals surface area contributed by atoms with E-state index in [0.29, 0.717) is 5.92 Å². The Labute approximate surface area is 68.1 Å². The molecule has 1 aliphatic heterocycles. The normalized spacial score (nSPS) is 33.3. The smallest absolute Gasteiger partial charge is 0.0513 e. The van der Waals surface area contributed by atoms with Gasteiger partial charge >= 0.3 is 0 Å². The predicted molar refractivity (Wildman–Crippen MR) is 45.2 cm³/mol. The largest absolute Gasteiger partial charge is 0.381 e. The molecule has 0 aromatic rings.